The summed E-state index contributed by atoms with van der Waals surface area (Å²) in [6.45, 7) is 3.85. The molecule has 3 saturated heterocycles. The van der Waals surface area contributed by atoms with Gasteiger partial charge in [-0.15, -0.1) is 0 Å². The predicted octanol–water partition coefficient (Wildman–Crippen LogP) is 2.01. The third kappa shape index (κ3) is 1.44. The second-order valence-electron chi connectivity index (χ2n) is 4.99. The molecule has 2 bridgehead atoms. The van der Waals surface area contributed by atoms with Crippen LogP contribution in [-0.4, -0.2) is 24.5 Å². The van der Waals surface area contributed by atoms with Crippen molar-refractivity contribution in [1.82, 2.24) is 4.90 Å². The molecule has 2 heteroatoms. The fourth-order valence-corrected chi connectivity index (χ4v) is 3.10. The van der Waals surface area contributed by atoms with Crippen LogP contribution in [-0.2, 0) is 5.41 Å². The molecule has 1 aromatic carbocycles. The summed E-state index contributed by atoms with van der Waals surface area (Å²) in [5, 5.41) is 0. The average molecular weight is 202 g/mol. The third-order valence-electron chi connectivity index (χ3n) is 4.24. The van der Waals surface area contributed by atoms with Gasteiger partial charge >= 0.3 is 0 Å². The first kappa shape index (κ1) is 9.22. The van der Waals surface area contributed by atoms with E-state index in [-0.39, 0.29) is 0 Å². The summed E-state index contributed by atoms with van der Waals surface area (Å²) in [5.41, 5.74) is 8.61. The van der Waals surface area contributed by atoms with Gasteiger partial charge in [0.25, 0.3) is 0 Å². The Hall–Kier alpha value is -1.02. The number of rotatable bonds is 1. The van der Waals surface area contributed by atoms with E-state index in [9.17, 15) is 0 Å². The molecule has 0 unspecified atom stereocenters. The predicted molar refractivity (Wildman–Crippen MR) is 62.8 cm³/mol. The van der Waals surface area contributed by atoms with Crippen molar-refractivity contribution in [1.29, 1.82) is 0 Å². The molecule has 3 heterocycles. The molecule has 1 aromatic rings. The van der Waals surface area contributed by atoms with E-state index < -0.39 is 0 Å². The Morgan fingerprint density at radius 2 is 1.47 bits per heavy atom. The third-order valence-corrected chi connectivity index (χ3v) is 4.24. The van der Waals surface area contributed by atoms with Crippen LogP contribution in [0.5, 0.6) is 0 Å². The molecule has 0 amide bonds. The quantitative estimate of drug-likeness (QED) is 0.706. The monoisotopic (exact) mass is 202 g/mol. The van der Waals surface area contributed by atoms with Crippen LogP contribution in [0.25, 0.3) is 0 Å². The SMILES string of the molecule is Nc1ccc(C23CCN(CC2)CC3)cc1. The highest BCUT2D eigenvalue weighted by molar-refractivity contribution is 5.42. The van der Waals surface area contributed by atoms with Crippen LogP contribution in [0.3, 0.4) is 0 Å². The first-order valence-corrected chi connectivity index (χ1v) is 5.87. The maximum Gasteiger partial charge on any atom is 0.0314 e. The van der Waals surface area contributed by atoms with Crippen molar-refractivity contribution >= 4 is 5.69 Å². The van der Waals surface area contributed by atoms with Crippen LogP contribution in [0.15, 0.2) is 24.3 Å². The number of anilines is 1. The molecule has 2 N–H and O–H groups in total. The zero-order valence-electron chi connectivity index (χ0n) is 9.08. The summed E-state index contributed by atoms with van der Waals surface area (Å²) in [6.07, 6.45) is 3.99. The van der Waals surface area contributed by atoms with Crippen LogP contribution >= 0.6 is 0 Å². The van der Waals surface area contributed by atoms with Crippen LogP contribution in [0, 0.1) is 0 Å². The topological polar surface area (TPSA) is 29.3 Å². The van der Waals surface area contributed by atoms with E-state index >= 15 is 0 Å². The molecular formula is C13H18N2. The molecule has 80 valence electrons. The van der Waals surface area contributed by atoms with Crippen molar-refractivity contribution in [2.75, 3.05) is 25.4 Å². The van der Waals surface area contributed by atoms with Gasteiger partial charge in [-0.05, 0) is 62.0 Å². The molecule has 0 aliphatic carbocycles. The van der Waals surface area contributed by atoms with Crippen molar-refractivity contribution in [3.05, 3.63) is 29.8 Å². The number of benzene rings is 1. The lowest BCUT2D eigenvalue weighted by Gasteiger charge is -2.48. The molecule has 0 atom stereocenters. The lowest BCUT2D eigenvalue weighted by atomic mass is 9.67. The molecule has 0 radical (unpaired) electrons. The Balaban J connectivity index is 1.94. The Kier molecular flexibility index (Phi) is 1.99. The van der Waals surface area contributed by atoms with Crippen molar-refractivity contribution in [2.45, 2.75) is 24.7 Å². The van der Waals surface area contributed by atoms with Gasteiger partial charge in [0, 0.05) is 5.69 Å². The number of nitrogens with two attached hydrogens (primary N) is 1. The summed E-state index contributed by atoms with van der Waals surface area (Å²) < 4.78 is 0. The van der Waals surface area contributed by atoms with Crippen molar-refractivity contribution in [2.24, 2.45) is 0 Å². The minimum Gasteiger partial charge on any atom is -0.399 e. The molecule has 3 fully saturated rings. The van der Waals surface area contributed by atoms with Gasteiger partial charge in [0.1, 0.15) is 0 Å². The van der Waals surface area contributed by atoms with E-state index in [0.29, 0.717) is 5.41 Å². The zero-order chi connectivity index (χ0) is 10.3. The zero-order valence-corrected chi connectivity index (χ0v) is 9.08. The number of piperidine rings is 3. The molecular weight excluding hydrogens is 184 g/mol. The van der Waals surface area contributed by atoms with Crippen molar-refractivity contribution in [3.8, 4) is 0 Å². The number of hydrogen-bond acceptors (Lipinski definition) is 2. The van der Waals surface area contributed by atoms with Gasteiger partial charge in [-0.25, -0.2) is 0 Å². The molecule has 0 aromatic heterocycles. The van der Waals surface area contributed by atoms with E-state index in [4.69, 9.17) is 5.73 Å². The summed E-state index contributed by atoms with van der Waals surface area (Å²) in [7, 11) is 0. The van der Waals surface area contributed by atoms with Gasteiger partial charge in [0.2, 0.25) is 0 Å². The van der Waals surface area contributed by atoms with E-state index in [1.54, 1.807) is 0 Å². The largest absolute Gasteiger partial charge is 0.399 e. The highest BCUT2D eigenvalue weighted by Gasteiger charge is 2.40. The average Bonchev–Trinajstić information content (AvgIpc) is 2.32. The Morgan fingerprint density at radius 3 is 2.00 bits per heavy atom. The fourth-order valence-electron chi connectivity index (χ4n) is 3.10. The van der Waals surface area contributed by atoms with Gasteiger partial charge in [-0.2, -0.15) is 0 Å². The van der Waals surface area contributed by atoms with E-state index in [1.165, 1.54) is 44.5 Å². The fraction of sp³-hybridized carbons (Fsp3) is 0.538. The Labute approximate surface area is 91.1 Å². The van der Waals surface area contributed by atoms with E-state index in [1.807, 2.05) is 12.1 Å². The Bertz CT molecular complexity index is 334. The second-order valence-corrected chi connectivity index (χ2v) is 4.99. The minimum absolute atomic E-state index is 0.475. The second kappa shape index (κ2) is 3.24. The summed E-state index contributed by atoms with van der Waals surface area (Å²) >= 11 is 0. The van der Waals surface area contributed by atoms with E-state index in [2.05, 4.69) is 17.0 Å². The minimum atomic E-state index is 0.475. The molecule has 3 aliphatic rings. The van der Waals surface area contributed by atoms with Crippen molar-refractivity contribution < 1.29 is 0 Å². The van der Waals surface area contributed by atoms with Crippen LogP contribution in [0.1, 0.15) is 24.8 Å². The van der Waals surface area contributed by atoms with Crippen molar-refractivity contribution in [3.63, 3.8) is 0 Å². The summed E-state index contributed by atoms with van der Waals surface area (Å²) in [5.74, 6) is 0. The molecule has 0 saturated carbocycles. The number of nitrogens with zero attached hydrogens (tertiary/aromatic N) is 1. The molecule has 4 rings (SSSR count). The van der Waals surface area contributed by atoms with Gasteiger partial charge in [-0.3, -0.25) is 0 Å². The molecule has 3 aliphatic heterocycles. The maximum absolute atomic E-state index is 5.74. The summed E-state index contributed by atoms with van der Waals surface area (Å²) in [6, 6.07) is 8.56. The maximum atomic E-state index is 5.74. The number of hydrogen-bond donors (Lipinski definition) is 1. The standard InChI is InChI=1S/C13H18N2/c14-12-3-1-11(2-4-12)13-5-8-15(9-6-13)10-7-13/h1-4H,5-10,14H2. The first-order valence-electron chi connectivity index (χ1n) is 5.87. The van der Waals surface area contributed by atoms with Crippen LogP contribution in [0.2, 0.25) is 0 Å². The van der Waals surface area contributed by atoms with Crippen LogP contribution < -0.4 is 5.73 Å². The Morgan fingerprint density at radius 1 is 0.933 bits per heavy atom. The summed E-state index contributed by atoms with van der Waals surface area (Å²) in [4.78, 5) is 2.58. The number of fused-ring (bicyclic) bond motifs is 3. The smallest absolute Gasteiger partial charge is 0.0314 e. The normalized spacial score (nSPS) is 34.3. The molecule has 0 spiro atoms. The highest BCUT2D eigenvalue weighted by atomic mass is 15.1. The highest BCUT2D eigenvalue weighted by Crippen LogP contribution is 2.42. The van der Waals surface area contributed by atoms with Gasteiger partial charge in [0.05, 0.1) is 0 Å². The molecule has 15 heavy (non-hydrogen) atoms. The lowest BCUT2D eigenvalue weighted by Crippen LogP contribution is -2.50. The van der Waals surface area contributed by atoms with Gasteiger partial charge in [0.15, 0.2) is 0 Å². The number of nitrogen functional groups attached to an aromatic ring is 1. The first-order chi connectivity index (χ1) is 7.28. The lowest BCUT2D eigenvalue weighted by molar-refractivity contribution is 0.0818. The van der Waals surface area contributed by atoms with E-state index in [0.717, 1.165) is 5.69 Å². The van der Waals surface area contributed by atoms with Crippen LogP contribution in [0.4, 0.5) is 5.69 Å². The molecule has 2 nitrogen and oxygen atoms in total. The van der Waals surface area contributed by atoms with Gasteiger partial charge < -0.3 is 10.6 Å². The van der Waals surface area contributed by atoms with Gasteiger partial charge in [-0.1, -0.05) is 12.1 Å².